The molecule has 1 saturated heterocycles. The quantitative estimate of drug-likeness (QED) is 0.755. The number of carbonyl (C=O) groups excluding carboxylic acids is 1. The highest BCUT2D eigenvalue weighted by molar-refractivity contribution is 5.79. The molecular formula is C12H17N3O. The lowest BCUT2D eigenvalue weighted by Crippen LogP contribution is -2.52. The summed E-state index contributed by atoms with van der Waals surface area (Å²) in [6, 6.07) is 2.34. The summed E-state index contributed by atoms with van der Waals surface area (Å²) in [6.45, 7) is 1.69. The Morgan fingerprint density at radius 3 is 2.62 bits per heavy atom. The first-order valence-corrected chi connectivity index (χ1v) is 6.12. The van der Waals surface area contributed by atoms with Gasteiger partial charge in [-0.15, -0.1) is 0 Å². The molecular weight excluding hydrogens is 202 g/mol. The van der Waals surface area contributed by atoms with Crippen LogP contribution in [0.2, 0.25) is 0 Å². The molecule has 1 aromatic heterocycles. The van der Waals surface area contributed by atoms with E-state index in [4.69, 9.17) is 0 Å². The predicted octanol–water partition coefficient (Wildman–Crippen LogP) is 1.46. The normalized spacial score (nSPS) is 22.4. The number of amides is 1. The van der Waals surface area contributed by atoms with Crippen LogP contribution in [-0.2, 0) is 4.79 Å². The zero-order chi connectivity index (χ0) is 11.0. The third-order valence-electron chi connectivity index (χ3n) is 3.78. The standard InChI is InChI=1S/C12H17N3O/c16-12(10-4-1-2-5-10)14-8-11(9-14)15-7-3-6-13-15/h3,6-7,10-11H,1-2,4-5,8-9H2. The van der Waals surface area contributed by atoms with E-state index in [0.717, 1.165) is 25.9 Å². The predicted molar refractivity (Wildman–Crippen MR) is 59.8 cm³/mol. The van der Waals surface area contributed by atoms with E-state index >= 15 is 0 Å². The SMILES string of the molecule is O=C(C1CCCC1)N1CC(n2cccn2)C1. The van der Waals surface area contributed by atoms with Gasteiger partial charge in [0, 0.05) is 31.4 Å². The highest BCUT2D eigenvalue weighted by atomic mass is 16.2. The molecule has 2 fully saturated rings. The number of aromatic nitrogens is 2. The van der Waals surface area contributed by atoms with Crippen LogP contribution in [0.25, 0.3) is 0 Å². The molecule has 0 bridgehead atoms. The van der Waals surface area contributed by atoms with Gasteiger partial charge in [-0.2, -0.15) is 5.10 Å². The number of hydrogen-bond acceptors (Lipinski definition) is 2. The molecule has 0 aromatic carbocycles. The summed E-state index contributed by atoms with van der Waals surface area (Å²) < 4.78 is 1.96. The van der Waals surface area contributed by atoms with Gasteiger partial charge in [0.1, 0.15) is 0 Å². The molecule has 1 aromatic rings. The van der Waals surface area contributed by atoms with Crippen LogP contribution in [0.5, 0.6) is 0 Å². The molecule has 2 aliphatic rings. The van der Waals surface area contributed by atoms with Gasteiger partial charge in [-0.05, 0) is 18.9 Å². The van der Waals surface area contributed by atoms with Gasteiger partial charge < -0.3 is 4.90 Å². The van der Waals surface area contributed by atoms with Gasteiger partial charge in [-0.3, -0.25) is 9.48 Å². The van der Waals surface area contributed by atoms with E-state index in [0.29, 0.717) is 17.9 Å². The Balaban J connectivity index is 1.55. The van der Waals surface area contributed by atoms with Gasteiger partial charge >= 0.3 is 0 Å². The second kappa shape index (κ2) is 3.92. The highest BCUT2D eigenvalue weighted by Gasteiger charge is 2.36. The van der Waals surface area contributed by atoms with Gasteiger partial charge in [-0.1, -0.05) is 12.8 Å². The van der Waals surface area contributed by atoms with Crippen molar-refractivity contribution in [1.82, 2.24) is 14.7 Å². The molecule has 0 N–H and O–H groups in total. The van der Waals surface area contributed by atoms with Gasteiger partial charge in [0.25, 0.3) is 0 Å². The minimum Gasteiger partial charge on any atom is -0.338 e. The summed E-state index contributed by atoms with van der Waals surface area (Å²) in [6.07, 6.45) is 8.42. The van der Waals surface area contributed by atoms with E-state index in [2.05, 4.69) is 5.10 Å². The Kier molecular flexibility index (Phi) is 2.42. The summed E-state index contributed by atoms with van der Waals surface area (Å²) in [7, 11) is 0. The first-order chi connectivity index (χ1) is 7.84. The monoisotopic (exact) mass is 219 g/mol. The minimum atomic E-state index is 0.318. The lowest BCUT2D eigenvalue weighted by atomic mass is 10.0. The molecule has 2 heterocycles. The smallest absolute Gasteiger partial charge is 0.225 e. The van der Waals surface area contributed by atoms with Gasteiger partial charge in [0.05, 0.1) is 6.04 Å². The van der Waals surface area contributed by atoms with E-state index < -0.39 is 0 Å². The van der Waals surface area contributed by atoms with E-state index in [1.165, 1.54) is 12.8 Å². The lowest BCUT2D eigenvalue weighted by molar-refractivity contribution is -0.141. The van der Waals surface area contributed by atoms with Gasteiger partial charge in [0.15, 0.2) is 0 Å². The summed E-state index contributed by atoms with van der Waals surface area (Å²) in [4.78, 5) is 14.0. The second-order valence-corrected chi connectivity index (χ2v) is 4.86. The topological polar surface area (TPSA) is 38.1 Å². The molecule has 86 valence electrons. The molecule has 1 saturated carbocycles. The first kappa shape index (κ1) is 9.87. The molecule has 4 nitrogen and oxygen atoms in total. The average molecular weight is 219 g/mol. The van der Waals surface area contributed by atoms with Crippen LogP contribution in [0.15, 0.2) is 18.5 Å². The maximum absolute atomic E-state index is 12.0. The first-order valence-electron chi connectivity index (χ1n) is 6.12. The van der Waals surface area contributed by atoms with E-state index in [1.54, 1.807) is 6.20 Å². The van der Waals surface area contributed by atoms with Crippen LogP contribution in [0.1, 0.15) is 31.7 Å². The van der Waals surface area contributed by atoms with Gasteiger partial charge in [-0.25, -0.2) is 0 Å². The average Bonchev–Trinajstić information content (AvgIpc) is 2.88. The molecule has 1 aliphatic carbocycles. The summed E-state index contributed by atoms with van der Waals surface area (Å²) in [5.41, 5.74) is 0. The van der Waals surface area contributed by atoms with Crippen molar-refractivity contribution in [3.8, 4) is 0 Å². The largest absolute Gasteiger partial charge is 0.338 e. The molecule has 0 unspecified atom stereocenters. The van der Waals surface area contributed by atoms with Crippen LogP contribution < -0.4 is 0 Å². The molecule has 0 radical (unpaired) electrons. The van der Waals surface area contributed by atoms with Crippen molar-refractivity contribution >= 4 is 5.91 Å². The van der Waals surface area contributed by atoms with Crippen LogP contribution >= 0.6 is 0 Å². The van der Waals surface area contributed by atoms with Crippen molar-refractivity contribution in [2.75, 3.05) is 13.1 Å². The maximum atomic E-state index is 12.0. The zero-order valence-corrected chi connectivity index (χ0v) is 9.38. The third-order valence-corrected chi connectivity index (χ3v) is 3.78. The number of likely N-dealkylation sites (tertiary alicyclic amines) is 1. The van der Waals surface area contributed by atoms with E-state index in [9.17, 15) is 4.79 Å². The molecule has 0 atom stereocenters. The maximum Gasteiger partial charge on any atom is 0.225 e. The van der Waals surface area contributed by atoms with E-state index in [1.807, 2.05) is 21.8 Å². The Hall–Kier alpha value is -1.32. The summed E-state index contributed by atoms with van der Waals surface area (Å²) >= 11 is 0. The molecule has 1 aliphatic heterocycles. The molecule has 1 amide bonds. The fourth-order valence-electron chi connectivity index (χ4n) is 2.73. The van der Waals surface area contributed by atoms with Crippen molar-refractivity contribution < 1.29 is 4.79 Å². The number of nitrogens with zero attached hydrogens (tertiary/aromatic N) is 3. The highest BCUT2D eigenvalue weighted by Crippen LogP contribution is 2.30. The fraction of sp³-hybridized carbons (Fsp3) is 0.667. The van der Waals surface area contributed by atoms with Crippen LogP contribution in [-0.4, -0.2) is 33.7 Å². The Labute approximate surface area is 95.2 Å². The van der Waals surface area contributed by atoms with Crippen molar-refractivity contribution in [1.29, 1.82) is 0 Å². The van der Waals surface area contributed by atoms with Crippen molar-refractivity contribution in [2.45, 2.75) is 31.7 Å². The van der Waals surface area contributed by atoms with Crippen molar-refractivity contribution in [3.05, 3.63) is 18.5 Å². The van der Waals surface area contributed by atoms with Crippen molar-refractivity contribution in [2.24, 2.45) is 5.92 Å². The fourth-order valence-corrected chi connectivity index (χ4v) is 2.73. The van der Waals surface area contributed by atoms with Crippen LogP contribution in [0.4, 0.5) is 0 Å². The van der Waals surface area contributed by atoms with Crippen LogP contribution in [0, 0.1) is 5.92 Å². The molecule has 16 heavy (non-hydrogen) atoms. The van der Waals surface area contributed by atoms with Crippen molar-refractivity contribution in [3.63, 3.8) is 0 Å². The lowest BCUT2D eigenvalue weighted by Gasteiger charge is -2.40. The number of rotatable bonds is 2. The Morgan fingerprint density at radius 1 is 1.25 bits per heavy atom. The number of carbonyl (C=O) groups is 1. The summed E-state index contributed by atoms with van der Waals surface area (Å²) in [5, 5.41) is 4.21. The Morgan fingerprint density at radius 2 is 2.00 bits per heavy atom. The van der Waals surface area contributed by atoms with Crippen LogP contribution in [0.3, 0.4) is 0 Å². The molecule has 4 heteroatoms. The number of hydrogen-bond donors (Lipinski definition) is 0. The molecule has 0 spiro atoms. The Bertz CT molecular complexity index is 362. The minimum absolute atomic E-state index is 0.318. The molecule has 3 rings (SSSR count). The third kappa shape index (κ3) is 1.62. The van der Waals surface area contributed by atoms with Gasteiger partial charge in [0.2, 0.25) is 5.91 Å². The second-order valence-electron chi connectivity index (χ2n) is 4.86. The summed E-state index contributed by atoms with van der Waals surface area (Å²) in [5.74, 6) is 0.694. The zero-order valence-electron chi connectivity index (χ0n) is 9.38. The van der Waals surface area contributed by atoms with E-state index in [-0.39, 0.29) is 0 Å².